The SMILES string of the molecule is Cc1cc(NCc2ccc(-n3ccnc3)cc2)c2cccc([N+](=O)[O-])c2n1. The second-order valence-corrected chi connectivity index (χ2v) is 6.23. The van der Waals surface area contributed by atoms with Gasteiger partial charge in [-0.3, -0.25) is 10.1 Å². The Morgan fingerprint density at radius 2 is 2.00 bits per heavy atom. The van der Waals surface area contributed by atoms with Crippen LogP contribution in [0.1, 0.15) is 11.3 Å². The van der Waals surface area contributed by atoms with Crippen molar-refractivity contribution in [3.8, 4) is 5.69 Å². The molecule has 4 aromatic rings. The van der Waals surface area contributed by atoms with Crippen LogP contribution in [0.2, 0.25) is 0 Å². The molecule has 27 heavy (non-hydrogen) atoms. The Morgan fingerprint density at radius 1 is 1.19 bits per heavy atom. The van der Waals surface area contributed by atoms with Crippen molar-refractivity contribution in [3.05, 3.63) is 88.6 Å². The fourth-order valence-corrected chi connectivity index (χ4v) is 3.05. The molecule has 7 nitrogen and oxygen atoms in total. The zero-order valence-electron chi connectivity index (χ0n) is 14.7. The van der Waals surface area contributed by atoms with Gasteiger partial charge in [-0.15, -0.1) is 0 Å². The molecule has 0 saturated heterocycles. The van der Waals surface area contributed by atoms with Gasteiger partial charge >= 0.3 is 0 Å². The summed E-state index contributed by atoms with van der Waals surface area (Å²) < 4.78 is 1.94. The number of para-hydroxylation sites is 1. The van der Waals surface area contributed by atoms with E-state index in [0.717, 1.165) is 28.0 Å². The lowest BCUT2D eigenvalue weighted by Gasteiger charge is -2.11. The summed E-state index contributed by atoms with van der Waals surface area (Å²) in [5.74, 6) is 0. The summed E-state index contributed by atoms with van der Waals surface area (Å²) in [6.45, 7) is 2.44. The van der Waals surface area contributed by atoms with E-state index in [-0.39, 0.29) is 5.69 Å². The number of nitro benzene ring substituents is 1. The summed E-state index contributed by atoms with van der Waals surface area (Å²) in [5.41, 5.74) is 4.13. The lowest BCUT2D eigenvalue weighted by atomic mass is 10.1. The topological polar surface area (TPSA) is 85.9 Å². The number of pyridine rings is 1. The van der Waals surface area contributed by atoms with Crippen LogP contribution in [0, 0.1) is 17.0 Å². The van der Waals surface area contributed by atoms with Crippen molar-refractivity contribution in [1.82, 2.24) is 14.5 Å². The minimum atomic E-state index is -0.395. The zero-order valence-corrected chi connectivity index (χ0v) is 14.7. The molecule has 2 aromatic carbocycles. The molecule has 0 aliphatic rings. The highest BCUT2D eigenvalue weighted by Gasteiger charge is 2.15. The first-order valence-electron chi connectivity index (χ1n) is 8.48. The number of hydrogen-bond donors (Lipinski definition) is 1. The molecular formula is C20H17N5O2. The van der Waals surface area contributed by atoms with Crippen LogP contribution in [0.5, 0.6) is 0 Å². The predicted octanol–water partition coefficient (Wildman–Crippen LogP) is 4.25. The average Bonchev–Trinajstić information content (AvgIpc) is 3.20. The van der Waals surface area contributed by atoms with E-state index in [1.54, 1.807) is 18.6 Å². The Morgan fingerprint density at radius 3 is 2.70 bits per heavy atom. The van der Waals surface area contributed by atoms with Crippen LogP contribution < -0.4 is 5.32 Å². The Balaban J connectivity index is 1.60. The summed E-state index contributed by atoms with van der Waals surface area (Å²) in [6, 6.07) is 15.1. The normalized spacial score (nSPS) is 10.9. The Hall–Kier alpha value is -3.74. The van der Waals surface area contributed by atoms with Crippen molar-refractivity contribution in [2.75, 3.05) is 5.32 Å². The van der Waals surface area contributed by atoms with Gasteiger partial charge in [0.05, 0.1) is 11.3 Å². The van der Waals surface area contributed by atoms with Crippen molar-refractivity contribution in [2.24, 2.45) is 0 Å². The molecule has 0 aliphatic carbocycles. The highest BCUT2D eigenvalue weighted by atomic mass is 16.6. The highest BCUT2D eigenvalue weighted by molar-refractivity contribution is 5.96. The third-order valence-corrected chi connectivity index (χ3v) is 4.36. The summed E-state index contributed by atoms with van der Waals surface area (Å²) in [7, 11) is 0. The van der Waals surface area contributed by atoms with Gasteiger partial charge in [-0.25, -0.2) is 9.97 Å². The molecule has 0 radical (unpaired) electrons. The number of hydrogen-bond acceptors (Lipinski definition) is 5. The van der Waals surface area contributed by atoms with Gasteiger partial charge in [0.1, 0.15) is 0 Å². The summed E-state index contributed by atoms with van der Waals surface area (Å²) in [6.07, 6.45) is 5.39. The predicted molar refractivity (Wildman–Crippen MR) is 104 cm³/mol. The van der Waals surface area contributed by atoms with Gasteiger partial charge in [-0.1, -0.05) is 24.3 Å². The van der Waals surface area contributed by atoms with Gasteiger partial charge in [0, 0.05) is 47.5 Å². The Bertz CT molecular complexity index is 1110. The first kappa shape index (κ1) is 16.7. The van der Waals surface area contributed by atoms with E-state index in [2.05, 4.69) is 15.3 Å². The summed E-state index contributed by atoms with van der Waals surface area (Å²) in [4.78, 5) is 19.3. The first-order valence-corrected chi connectivity index (χ1v) is 8.48. The van der Waals surface area contributed by atoms with E-state index in [4.69, 9.17) is 0 Å². The molecule has 134 valence electrons. The van der Waals surface area contributed by atoms with Gasteiger partial charge in [0.25, 0.3) is 5.69 Å². The van der Waals surface area contributed by atoms with E-state index in [0.29, 0.717) is 12.1 Å². The number of fused-ring (bicyclic) bond motifs is 1. The number of aryl methyl sites for hydroxylation is 1. The second-order valence-electron chi connectivity index (χ2n) is 6.23. The average molecular weight is 359 g/mol. The molecule has 0 bridgehead atoms. The third kappa shape index (κ3) is 3.35. The number of nitro groups is 1. The fraction of sp³-hybridized carbons (Fsp3) is 0.100. The number of anilines is 1. The number of nitrogens with one attached hydrogen (secondary N) is 1. The van der Waals surface area contributed by atoms with Gasteiger partial charge in [-0.05, 0) is 30.7 Å². The van der Waals surface area contributed by atoms with Gasteiger partial charge in [0.2, 0.25) is 0 Å². The Labute approximate surface area is 155 Å². The number of imidazole rings is 1. The fourth-order valence-electron chi connectivity index (χ4n) is 3.05. The van der Waals surface area contributed by atoms with Crippen molar-refractivity contribution >= 4 is 22.3 Å². The number of rotatable bonds is 5. The minimum Gasteiger partial charge on any atom is -0.380 e. The molecule has 0 aliphatic heterocycles. The lowest BCUT2D eigenvalue weighted by Crippen LogP contribution is -2.02. The maximum atomic E-state index is 11.3. The van der Waals surface area contributed by atoms with Crippen LogP contribution in [0.15, 0.2) is 67.3 Å². The first-order chi connectivity index (χ1) is 13.1. The van der Waals surface area contributed by atoms with Crippen molar-refractivity contribution in [3.63, 3.8) is 0 Å². The van der Waals surface area contributed by atoms with E-state index in [9.17, 15) is 10.1 Å². The molecule has 2 aromatic heterocycles. The number of nitrogens with zero attached hydrogens (tertiary/aromatic N) is 4. The molecule has 0 atom stereocenters. The van der Waals surface area contributed by atoms with Crippen molar-refractivity contribution in [2.45, 2.75) is 13.5 Å². The number of non-ortho nitro benzene ring substituents is 1. The molecule has 0 saturated carbocycles. The van der Waals surface area contributed by atoms with Crippen molar-refractivity contribution < 1.29 is 4.92 Å². The van der Waals surface area contributed by atoms with E-state index < -0.39 is 4.92 Å². The van der Waals surface area contributed by atoms with Crippen LogP contribution in [0.25, 0.3) is 16.6 Å². The Kier molecular flexibility index (Phi) is 4.25. The lowest BCUT2D eigenvalue weighted by molar-refractivity contribution is -0.383. The van der Waals surface area contributed by atoms with Crippen LogP contribution >= 0.6 is 0 Å². The third-order valence-electron chi connectivity index (χ3n) is 4.36. The molecule has 0 unspecified atom stereocenters. The summed E-state index contributed by atoms with van der Waals surface area (Å²) in [5, 5.41) is 15.4. The molecule has 2 heterocycles. The van der Waals surface area contributed by atoms with E-state index in [1.807, 2.05) is 54.1 Å². The number of aromatic nitrogens is 3. The quantitative estimate of drug-likeness (QED) is 0.425. The standard InChI is InChI=1S/C20H17N5O2/c1-14-11-18(17-3-2-4-19(25(26)27)20(17)23-14)22-12-15-5-7-16(8-6-15)24-10-9-21-13-24/h2-11,13H,12H2,1H3,(H,22,23). The second kappa shape index (κ2) is 6.87. The molecule has 7 heteroatoms. The van der Waals surface area contributed by atoms with Crippen LogP contribution in [-0.2, 0) is 6.54 Å². The molecular weight excluding hydrogens is 342 g/mol. The molecule has 0 spiro atoms. The van der Waals surface area contributed by atoms with Crippen molar-refractivity contribution in [1.29, 1.82) is 0 Å². The maximum absolute atomic E-state index is 11.3. The molecule has 4 rings (SSSR count). The van der Waals surface area contributed by atoms with Gasteiger partial charge in [-0.2, -0.15) is 0 Å². The maximum Gasteiger partial charge on any atom is 0.295 e. The zero-order chi connectivity index (χ0) is 18.8. The highest BCUT2D eigenvalue weighted by Crippen LogP contribution is 2.30. The monoisotopic (exact) mass is 359 g/mol. The van der Waals surface area contributed by atoms with Gasteiger partial charge < -0.3 is 9.88 Å². The smallest absolute Gasteiger partial charge is 0.295 e. The van der Waals surface area contributed by atoms with E-state index >= 15 is 0 Å². The summed E-state index contributed by atoms with van der Waals surface area (Å²) >= 11 is 0. The number of benzene rings is 2. The molecule has 0 fully saturated rings. The van der Waals surface area contributed by atoms with E-state index in [1.165, 1.54) is 6.07 Å². The van der Waals surface area contributed by atoms with Crippen LogP contribution in [0.3, 0.4) is 0 Å². The van der Waals surface area contributed by atoms with Crippen LogP contribution in [-0.4, -0.2) is 19.5 Å². The van der Waals surface area contributed by atoms with Gasteiger partial charge in [0.15, 0.2) is 5.52 Å². The molecule has 1 N–H and O–H groups in total. The minimum absolute atomic E-state index is 0.0175. The van der Waals surface area contributed by atoms with Crippen LogP contribution in [0.4, 0.5) is 11.4 Å². The molecule has 0 amide bonds. The largest absolute Gasteiger partial charge is 0.380 e.